The average Bonchev–Trinajstić information content (AvgIpc) is 3.01. The molecule has 0 radical (unpaired) electrons. The van der Waals surface area contributed by atoms with Crippen molar-refractivity contribution >= 4 is 21.8 Å². The van der Waals surface area contributed by atoms with Gasteiger partial charge in [-0.2, -0.15) is 0 Å². The number of benzene rings is 3. The maximum absolute atomic E-state index is 13.9. The topological polar surface area (TPSA) is 95.6 Å². The summed E-state index contributed by atoms with van der Waals surface area (Å²) in [5, 5.41) is 3.12. The third kappa shape index (κ3) is 8.87. The number of carbonyl (C=O) groups is 2. The number of amides is 2. The summed E-state index contributed by atoms with van der Waals surface area (Å²) in [7, 11) is -3.55. The first-order valence-electron chi connectivity index (χ1n) is 14.8. The van der Waals surface area contributed by atoms with Crippen molar-refractivity contribution in [1.29, 1.82) is 0 Å². The Morgan fingerprint density at radius 2 is 1.55 bits per heavy atom. The second-order valence-corrected chi connectivity index (χ2v) is 12.4. The van der Waals surface area contributed by atoms with Gasteiger partial charge in [0, 0.05) is 26.1 Å². The molecule has 3 aromatic carbocycles. The number of rotatable bonds is 14. The van der Waals surface area contributed by atoms with Gasteiger partial charge in [-0.15, -0.1) is 0 Å². The molecule has 1 aliphatic carbocycles. The number of allylic oxidation sites excluding steroid dienone is 1. The molecule has 0 saturated heterocycles. The van der Waals surface area contributed by atoms with E-state index in [9.17, 15) is 18.0 Å². The Hall–Kier alpha value is -3.75. The predicted molar refractivity (Wildman–Crippen MR) is 166 cm³/mol. The van der Waals surface area contributed by atoms with Gasteiger partial charge in [0.25, 0.3) is 0 Å². The molecule has 0 aliphatic heterocycles. The van der Waals surface area contributed by atoms with Crippen LogP contribution < -0.4 is 10.0 Å². The highest BCUT2D eigenvalue weighted by Gasteiger charge is 2.31. The lowest BCUT2D eigenvalue weighted by molar-refractivity contribution is -0.141. The van der Waals surface area contributed by atoms with Gasteiger partial charge in [0.05, 0.1) is 4.90 Å². The minimum Gasteiger partial charge on any atom is -0.354 e. The van der Waals surface area contributed by atoms with E-state index in [4.69, 9.17) is 0 Å². The molecule has 42 heavy (non-hydrogen) atoms. The van der Waals surface area contributed by atoms with Crippen LogP contribution in [-0.2, 0) is 32.6 Å². The normalized spacial score (nSPS) is 14.1. The highest BCUT2D eigenvalue weighted by molar-refractivity contribution is 7.89. The van der Waals surface area contributed by atoms with Gasteiger partial charge in [0.15, 0.2) is 0 Å². The minimum absolute atomic E-state index is 0.151. The Balaban J connectivity index is 1.53. The van der Waals surface area contributed by atoms with E-state index in [1.54, 1.807) is 36.1 Å². The van der Waals surface area contributed by atoms with Gasteiger partial charge in [-0.3, -0.25) is 9.59 Å². The average molecular weight is 588 g/mol. The van der Waals surface area contributed by atoms with Crippen molar-refractivity contribution in [2.45, 2.75) is 69.4 Å². The van der Waals surface area contributed by atoms with E-state index in [1.165, 1.54) is 18.4 Å². The molecule has 8 heteroatoms. The van der Waals surface area contributed by atoms with Crippen LogP contribution in [-0.4, -0.2) is 38.2 Å². The monoisotopic (exact) mass is 587 g/mol. The molecule has 1 aliphatic rings. The van der Waals surface area contributed by atoms with Crippen molar-refractivity contribution in [3.05, 3.63) is 113 Å². The van der Waals surface area contributed by atoms with Crippen molar-refractivity contribution in [2.24, 2.45) is 0 Å². The van der Waals surface area contributed by atoms with E-state index in [1.807, 2.05) is 60.7 Å². The van der Waals surface area contributed by atoms with Crippen LogP contribution in [0.15, 0.2) is 101 Å². The van der Waals surface area contributed by atoms with Crippen molar-refractivity contribution in [3.8, 4) is 0 Å². The predicted octanol–water partition coefficient (Wildman–Crippen LogP) is 5.69. The summed E-state index contributed by atoms with van der Waals surface area (Å²) in [5.41, 5.74) is 3.93. The van der Waals surface area contributed by atoms with Crippen LogP contribution >= 0.6 is 0 Å². The quantitative estimate of drug-likeness (QED) is 0.237. The molecule has 0 saturated carbocycles. The summed E-state index contributed by atoms with van der Waals surface area (Å²) in [6, 6.07) is 25.0. The maximum Gasteiger partial charge on any atom is 0.247 e. The standard InChI is InChI=1S/C34H41N3O4S/c1-2-36-42(40,41)31-21-18-28(19-22-31)20-23-32(38)37(26-29-14-8-4-9-15-29)33(30-16-10-5-11-17-30)34(39)35-25-24-27-12-6-3-7-13-27/h4-5,8-12,14-19,21-22,33,36H,2-3,6-7,13,20,23-26H2,1H3,(H,35,39). The fourth-order valence-electron chi connectivity index (χ4n) is 5.29. The van der Waals surface area contributed by atoms with Crippen LogP contribution in [0.4, 0.5) is 0 Å². The number of nitrogens with one attached hydrogen (secondary N) is 2. The van der Waals surface area contributed by atoms with E-state index >= 15 is 0 Å². The molecule has 7 nitrogen and oxygen atoms in total. The zero-order valence-electron chi connectivity index (χ0n) is 24.3. The van der Waals surface area contributed by atoms with Crippen LogP contribution in [0.1, 0.15) is 68.2 Å². The van der Waals surface area contributed by atoms with Crippen LogP contribution in [0.5, 0.6) is 0 Å². The first-order valence-corrected chi connectivity index (χ1v) is 16.3. The summed E-state index contributed by atoms with van der Waals surface area (Å²) in [6.45, 7) is 2.86. The Morgan fingerprint density at radius 1 is 0.857 bits per heavy atom. The number of hydrogen-bond donors (Lipinski definition) is 2. The molecule has 3 aromatic rings. The molecule has 222 valence electrons. The molecule has 0 spiro atoms. The summed E-state index contributed by atoms with van der Waals surface area (Å²) >= 11 is 0. The van der Waals surface area contributed by atoms with Crippen LogP contribution in [0.3, 0.4) is 0 Å². The third-order valence-electron chi connectivity index (χ3n) is 7.52. The Bertz CT molecular complexity index is 1440. The van der Waals surface area contributed by atoms with Crippen molar-refractivity contribution in [2.75, 3.05) is 13.1 Å². The smallest absolute Gasteiger partial charge is 0.247 e. The molecular weight excluding hydrogens is 546 g/mol. The van der Waals surface area contributed by atoms with Gasteiger partial charge in [-0.05, 0) is 67.3 Å². The molecule has 4 rings (SSSR count). The fourth-order valence-corrected chi connectivity index (χ4v) is 6.33. The van der Waals surface area contributed by atoms with E-state index in [0.29, 0.717) is 19.5 Å². The Kier molecular flexibility index (Phi) is 11.5. The minimum atomic E-state index is -3.55. The Labute approximate surface area is 250 Å². The summed E-state index contributed by atoms with van der Waals surface area (Å²) < 4.78 is 27.1. The van der Waals surface area contributed by atoms with Gasteiger partial charge < -0.3 is 10.2 Å². The summed E-state index contributed by atoms with van der Waals surface area (Å²) in [6.07, 6.45) is 8.31. The summed E-state index contributed by atoms with van der Waals surface area (Å²) in [5.74, 6) is -0.345. The number of hydrogen-bond acceptors (Lipinski definition) is 4. The highest BCUT2D eigenvalue weighted by atomic mass is 32.2. The van der Waals surface area contributed by atoms with Crippen molar-refractivity contribution in [1.82, 2.24) is 14.9 Å². The second kappa shape index (κ2) is 15.5. The van der Waals surface area contributed by atoms with E-state index in [0.717, 1.165) is 36.0 Å². The molecule has 1 atom stereocenters. The SMILES string of the molecule is CCNS(=O)(=O)c1ccc(CCC(=O)N(Cc2ccccc2)C(C(=O)NCCC2=CCCCC2)c2ccccc2)cc1. The van der Waals surface area contributed by atoms with Gasteiger partial charge in [0.1, 0.15) is 6.04 Å². The van der Waals surface area contributed by atoms with Gasteiger partial charge in [-0.25, -0.2) is 13.1 Å². The lowest BCUT2D eigenvalue weighted by atomic mass is 9.97. The van der Waals surface area contributed by atoms with Gasteiger partial charge in [0.2, 0.25) is 21.8 Å². The molecule has 0 bridgehead atoms. The largest absolute Gasteiger partial charge is 0.354 e. The zero-order chi connectivity index (χ0) is 29.8. The van der Waals surface area contributed by atoms with Crippen molar-refractivity contribution < 1.29 is 18.0 Å². The van der Waals surface area contributed by atoms with Gasteiger partial charge >= 0.3 is 0 Å². The first-order chi connectivity index (χ1) is 20.4. The molecule has 1 unspecified atom stereocenters. The van der Waals surface area contributed by atoms with Crippen molar-refractivity contribution in [3.63, 3.8) is 0 Å². The molecule has 2 amide bonds. The Morgan fingerprint density at radius 3 is 2.19 bits per heavy atom. The zero-order valence-corrected chi connectivity index (χ0v) is 25.1. The van der Waals surface area contributed by atoms with E-state index < -0.39 is 16.1 Å². The molecule has 2 N–H and O–H groups in total. The number of carbonyl (C=O) groups excluding carboxylic acids is 2. The lowest BCUT2D eigenvalue weighted by Crippen LogP contribution is -2.43. The molecule has 0 heterocycles. The molecule has 0 fully saturated rings. The lowest BCUT2D eigenvalue weighted by Gasteiger charge is -2.32. The van der Waals surface area contributed by atoms with E-state index in [-0.39, 0.29) is 29.7 Å². The maximum atomic E-state index is 13.9. The van der Waals surface area contributed by atoms with E-state index in [2.05, 4.69) is 16.1 Å². The van der Waals surface area contributed by atoms with Crippen LogP contribution in [0, 0.1) is 0 Å². The van der Waals surface area contributed by atoms with Crippen LogP contribution in [0.2, 0.25) is 0 Å². The number of sulfonamides is 1. The number of nitrogens with zero attached hydrogens (tertiary/aromatic N) is 1. The third-order valence-corrected chi connectivity index (χ3v) is 9.08. The molecular formula is C34H41N3O4S. The fraction of sp³-hybridized carbons (Fsp3) is 0.353. The number of aryl methyl sites for hydroxylation is 1. The molecule has 0 aromatic heterocycles. The first kappa shape index (κ1) is 31.2. The van der Waals surface area contributed by atoms with Crippen LogP contribution in [0.25, 0.3) is 0 Å². The second-order valence-electron chi connectivity index (χ2n) is 10.6. The summed E-state index contributed by atoms with van der Waals surface area (Å²) in [4.78, 5) is 29.6. The van der Waals surface area contributed by atoms with Gasteiger partial charge in [-0.1, -0.05) is 91.4 Å². The highest BCUT2D eigenvalue weighted by Crippen LogP contribution is 2.26.